The van der Waals surface area contributed by atoms with Crippen LogP contribution in [0.1, 0.15) is 39.5 Å². The van der Waals surface area contributed by atoms with Crippen molar-refractivity contribution in [3.63, 3.8) is 0 Å². The van der Waals surface area contributed by atoms with E-state index in [9.17, 15) is 4.79 Å². The van der Waals surface area contributed by atoms with Crippen molar-refractivity contribution in [2.45, 2.75) is 39.5 Å². The van der Waals surface area contributed by atoms with Gasteiger partial charge in [0, 0.05) is 13.0 Å². The maximum atomic E-state index is 12.3. The van der Waals surface area contributed by atoms with Gasteiger partial charge in [-0.2, -0.15) is 0 Å². The van der Waals surface area contributed by atoms with Crippen LogP contribution in [0.2, 0.25) is 0 Å². The normalized spacial score (nSPS) is 15.3. The van der Waals surface area contributed by atoms with E-state index in [1.807, 2.05) is 24.3 Å². The lowest BCUT2D eigenvalue weighted by atomic mass is 9.93. The van der Waals surface area contributed by atoms with Gasteiger partial charge in [0.05, 0.1) is 5.69 Å². The number of benzene rings is 1. The molecule has 5 heteroatoms. The lowest BCUT2D eigenvalue weighted by Gasteiger charge is -2.22. The number of hydrogen-bond donors (Lipinski definition) is 2. The summed E-state index contributed by atoms with van der Waals surface area (Å²) in [7, 11) is 0. The van der Waals surface area contributed by atoms with Gasteiger partial charge in [0.1, 0.15) is 12.4 Å². The molecule has 0 bridgehead atoms. The molecule has 0 radical (unpaired) electrons. The Kier molecular flexibility index (Phi) is 8.77. The van der Waals surface area contributed by atoms with Crippen LogP contribution in [0.3, 0.4) is 0 Å². The van der Waals surface area contributed by atoms with E-state index in [4.69, 9.17) is 4.74 Å². The molecular weight excluding hydrogens is 314 g/mol. The van der Waals surface area contributed by atoms with Gasteiger partial charge < -0.3 is 20.3 Å². The van der Waals surface area contributed by atoms with Crippen molar-refractivity contribution in [1.82, 2.24) is 10.2 Å². The summed E-state index contributed by atoms with van der Waals surface area (Å²) in [5, 5.41) is 6.39. The summed E-state index contributed by atoms with van der Waals surface area (Å²) in [6, 6.07) is 7.71. The summed E-state index contributed by atoms with van der Waals surface area (Å²) >= 11 is 0. The summed E-state index contributed by atoms with van der Waals surface area (Å²) < 4.78 is 5.90. The Balaban J connectivity index is 1.79. The predicted octanol–water partition coefficient (Wildman–Crippen LogP) is 3.13. The number of nitrogens with one attached hydrogen (secondary N) is 2. The fourth-order valence-corrected chi connectivity index (χ4v) is 3.24. The zero-order valence-electron chi connectivity index (χ0n) is 15.7. The van der Waals surface area contributed by atoms with Crippen LogP contribution in [0.25, 0.3) is 0 Å². The number of hydrogen-bond acceptors (Lipinski definition) is 4. The molecule has 1 aromatic carbocycles. The van der Waals surface area contributed by atoms with E-state index in [2.05, 4.69) is 29.4 Å². The number of piperidine rings is 1. The average molecular weight is 348 g/mol. The summed E-state index contributed by atoms with van der Waals surface area (Å²) in [6.07, 6.45) is 3.91. The molecule has 0 aromatic heterocycles. The molecule has 1 saturated heterocycles. The minimum Gasteiger partial charge on any atom is -0.490 e. The lowest BCUT2D eigenvalue weighted by Crippen LogP contribution is -2.28. The van der Waals surface area contributed by atoms with Gasteiger partial charge in [0.2, 0.25) is 5.91 Å². The number of likely N-dealkylation sites (N-methyl/N-ethyl adjacent to an activating group) is 1. The first-order valence-electron chi connectivity index (χ1n) is 9.67. The van der Waals surface area contributed by atoms with Gasteiger partial charge in [-0.25, -0.2) is 0 Å². The van der Waals surface area contributed by atoms with Gasteiger partial charge >= 0.3 is 0 Å². The van der Waals surface area contributed by atoms with E-state index in [1.54, 1.807) is 0 Å². The number of rotatable bonds is 10. The molecule has 1 aromatic rings. The smallest absolute Gasteiger partial charge is 0.224 e. The van der Waals surface area contributed by atoms with Crippen LogP contribution in [0.5, 0.6) is 5.75 Å². The number of carbonyl (C=O) groups is 1. The van der Waals surface area contributed by atoms with Crippen LogP contribution in [0.15, 0.2) is 24.3 Å². The summed E-state index contributed by atoms with van der Waals surface area (Å²) in [4.78, 5) is 14.6. The molecule has 25 heavy (non-hydrogen) atoms. The highest BCUT2D eigenvalue weighted by atomic mass is 16.5. The highest BCUT2D eigenvalue weighted by Gasteiger charge is 2.15. The quantitative estimate of drug-likeness (QED) is 0.683. The highest BCUT2D eigenvalue weighted by Crippen LogP contribution is 2.25. The number of anilines is 1. The molecule has 2 N–H and O–H groups in total. The maximum absolute atomic E-state index is 12.3. The molecule has 1 heterocycles. The zero-order chi connectivity index (χ0) is 17.9. The predicted molar refractivity (Wildman–Crippen MR) is 103 cm³/mol. The zero-order valence-corrected chi connectivity index (χ0v) is 15.7. The Morgan fingerprint density at radius 2 is 1.96 bits per heavy atom. The second-order valence-corrected chi connectivity index (χ2v) is 6.65. The van der Waals surface area contributed by atoms with Gasteiger partial charge in [0.25, 0.3) is 0 Å². The summed E-state index contributed by atoms with van der Waals surface area (Å²) in [5.74, 6) is 1.51. The number of amides is 1. The Hall–Kier alpha value is -1.59. The van der Waals surface area contributed by atoms with Gasteiger partial charge in [-0.05, 0) is 63.5 Å². The third-order valence-electron chi connectivity index (χ3n) is 4.96. The fraction of sp³-hybridized carbons (Fsp3) is 0.650. The van der Waals surface area contributed by atoms with Gasteiger partial charge in [-0.3, -0.25) is 4.79 Å². The first kappa shape index (κ1) is 19.7. The Morgan fingerprint density at radius 3 is 2.68 bits per heavy atom. The third-order valence-corrected chi connectivity index (χ3v) is 4.96. The molecule has 140 valence electrons. The van der Waals surface area contributed by atoms with Crippen molar-refractivity contribution >= 4 is 11.6 Å². The number of ether oxygens (including phenoxy) is 1. The van der Waals surface area contributed by atoms with Crippen LogP contribution >= 0.6 is 0 Å². The molecule has 0 spiro atoms. The van der Waals surface area contributed by atoms with Crippen molar-refractivity contribution in [2.75, 3.05) is 44.6 Å². The molecule has 0 atom stereocenters. The lowest BCUT2D eigenvalue weighted by molar-refractivity contribution is -0.116. The molecule has 1 fully saturated rings. The first-order valence-corrected chi connectivity index (χ1v) is 9.67. The van der Waals surface area contributed by atoms with E-state index in [-0.39, 0.29) is 5.91 Å². The second kappa shape index (κ2) is 11.1. The van der Waals surface area contributed by atoms with Crippen molar-refractivity contribution in [2.24, 2.45) is 5.92 Å². The molecule has 0 unspecified atom stereocenters. The SMILES string of the molecule is CCN(CC)CCOc1ccccc1NC(=O)CCC1CCNCC1. The Labute approximate surface area is 152 Å². The largest absolute Gasteiger partial charge is 0.490 e. The molecule has 0 saturated carbocycles. The van der Waals surface area contributed by atoms with Gasteiger partial charge in [-0.15, -0.1) is 0 Å². The van der Waals surface area contributed by atoms with Gasteiger partial charge in [-0.1, -0.05) is 26.0 Å². The molecule has 1 amide bonds. The van der Waals surface area contributed by atoms with Crippen molar-refractivity contribution in [3.8, 4) is 5.75 Å². The summed E-state index contributed by atoms with van der Waals surface area (Å²) in [5.41, 5.74) is 0.775. The minimum atomic E-state index is 0.0818. The van der Waals surface area contributed by atoms with Crippen molar-refractivity contribution in [1.29, 1.82) is 0 Å². The highest BCUT2D eigenvalue weighted by molar-refractivity contribution is 5.92. The molecule has 1 aliphatic rings. The topological polar surface area (TPSA) is 53.6 Å². The summed E-state index contributed by atoms with van der Waals surface area (Å²) in [6.45, 7) is 10.0. The van der Waals surface area contributed by atoms with E-state index >= 15 is 0 Å². The first-order chi connectivity index (χ1) is 12.2. The number of nitrogens with zero attached hydrogens (tertiary/aromatic N) is 1. The van der Waals surface area contributed by atoms with Crippen LogP contribution in [-0.4, -0.2) is 50.1 Å². The number of carbonyl (C=O) groups excluding carboxylic acids is 1. The van der Waals surface area contributed by atoms with E-state index in [0.29, 0.717) is 18.9 Å². The van der Waals surface area contributed by atoms with Crippen molar-refractivity contribution in [3.05, 3.63) is 24.3 Å². The standard InChI is InChI=1S/C20H33N3O2/c1-3-23(4-2)15-16-25-19-8-6-5-7-18(19)22-20(24)10-9-17-11-13-21-14-12-17/h5-8,17,21H,3-4,9-16H2,1-2H3,(H,22,24). The van der Waals surface area contributed by atoms with Gasteiger partial charge in [0.15, 0.2) is 0 Å². The van der Waals surface area contributed by atoms with Crippen LogP contribution in [0.4, 0.5) is 5.69 Å². The minimum absolute atomic E-state index is 0.0818. The fourth-order valence-electron chi connectivity index (χ4n) is 3.24. The van der Waals surface area contributed by atoms with E-state index in [0.717, 1.165) is 50.6 Å². The molecule has 1 aliphatic heterocycles. The van der Waals surface area contributed by atoms with E-state index < -0.39 is 0 Å². The van der Waals surface area contributed by atoms with Crippen LogP contribution in [0, 0.1) is 5.92 Å². The second-order valence-electron chi connectivity index (χ2n) is 6.65. The molecule has 2 rings (SSSR count). The Bertz CT molecular complexity index is 511. The molecule has 5 nitrogen and oxygen atoms in total. The monoisotopic (exact) mass is 347 g/mol. The molecular formula is C20H33N3O2. The Morgan fingerprint density at radius 1 is 1.24 bits per heavy atom. The van der Waals surface area contributed by atoms with E-state index in [1.165, 1.54) is 12.8 Å². The third kappa shape index (κ3) is 7.04. The van der Waals surface area contributed by atoms with Crippen molar-refractivity contribution < 1.29 is 9.53 Å². The van der Waals surface area contributed by atoms with Crippen LogP contribution < -0.4 is 15.4 Å². The maximum Gasteiger partial charge on any atom is 0.224 e. The number of para-hydroxylation sites is 2. The molecule has 0 aliphatic carbocycles. The van der Waals surface area contributed by atoms with Crippen LogP contribution in [-0.2, 0) is 4.79 Å². The average Bonchev–Trinajstić information content (AvgIpc) is 2.66.